The Labute approximate surface area is 147 Å². The normalized spacial score (nSPS) is 10.5. The van der Waals surface area contributed by atoms with Crippen LogP contribution in [0.4, 0.5) is 5.69 Å². The minimum atomic E-state index is -0.585. The summed E-state index contributed by atoms with van der Waals surface area (Å²) in [7, 11) is 0. The Morgan fingerprint density at radius 2 is 1.91 bits per heavy atom. The van der Waals surface area contributed by atoms with Crippen molar-refractivity contribution in [2.45, 2.75) is 0 Å². The van der Waals surface area contributed by atoms with E-state index in [-0.39, 0.29) is 6.61 Å². The summed E-state index contributed by atoms with van der Waals surface area (Å²) in [6.45, 7) is -0.369. The van der Waals surface area contributed by atoms with Gasteiger partial charge in [-0.3, -0.25) is 4.79 Å². The Morgan fingerprint density at radius 3 is 2.61 bits per heavy atom. The Kier molecular flexibility index (Phi) is 6.38. The Morgan fingerprint density at radius 1 is 1.17 bits per heavy atom. The van der Waals surface area contributed by atoms with Gasteiger partial charge in [-0.15, -0.1) is 0 Å². The molecule has 0 aliphatic rings. The number of ether oxygens (including phenoxy) is 1. The molecule has 2 rings (SSSR count). The summed E-state index contributed by atoms with van der Waals surface area (Å²) in [5.74, 6) is -1.03. The SMILES string of the molecule is O=C(COC(=O)/C=C/c1ccccc1)Nc1ccc(Br)c(Cl)c1. The molecule has 0 bridgehead atoms. The minimum Gasteiger partial charge on any atom is -0.452 e. The van der Waals surface area contributed by atoms with E-state index < -0.39 is 11.9 Å². The first-order valence-corrected chi connectivity index (χ1v) is 7.86. The lowest BCUT2D eigenvalue weighted by atomic mass is 10.2. The lowest BCUT2D eigenvalue weighted by molar-refractivity contribution is -0.142. The summed E-state index contributed by atoms with van der Waals surface area (Å²) in [4.78, 5) is 23.3. The highest BCUT2D eigenvalue weighted by molar-refractivity contribution is 9.10. The van der Waals surface area contributed by atoms with E-state index >= 15 is 0 Å². The third kappa shape index (κ3) is 5.88. The first kappa shape index (κ1) is 17.2. The van der Waals surface area contributed by atoms with Crippen LogP contribution in [0.15, 0.2) is 59.1 Å². The molecule has 1 amide bonds. The molecule has 4 nitrogen and oxygen atoms in total. The molecule has 0 aliphatic heterocycles. The second-order valence-electron chi connectivity index (χ2n) is 4.53. The quantitative estimate of drug-likeness (QED) is 0.608. The average molecular weight is 395 g/mol. The van der Waals surface area contributed by atoms with E-state index in [2.05, 4.69) is 21.2 Å². The number of anilines is 1. The van der Waals surface area contributed by atoms with Crippen molar-refractivity contribution in [1.82, 2.24) is 0 Å². The predicted molar refractivity (Wildman–Crippen MR) is 94.2 cm³/mol. The van der Waals surface area contributed by atoms with Gasteiger partial charge in [-0.2, -0.15) is 0 Å². The zero-order valence-electron chi connectivity index (χ0n) is 12.0. The highest BCUT2D eigenvalue weighted by atomic mass is 79.9. The zero-order chi connectivity index (χ0) is 16.7. The summed E-state index contributed by atoms with van der Waals surface area (Å²) in [6.07, 6.45) is 2.90. The molecule has 23 heavy (non-hydrogen) atoms. The van der Waals surface area contributed by atoms with Gasteiger partial charge >= 0.3 is 5.97 Å². The fourth-order valence-corrected chi connectivity index (χ4v) is 2.11. The van der Waals surface area contributed by atoms with Crippen LogP contribution in [0, 0.1) is 0 Å². The van der Waals surface area contributed by atoms with Crippen molar-refractivity contribution in [2.75, 3.05) is 11.9 Å². The van der Waals surface area contributed by atoms with E-state index in [1.165, 1.54) is 6.08 Å². The fourth-order valence-electron chi connectivity index (χ4n) is 1.68. The third-order valence-electron chi connectivity index (χ3n) is 2.76. The molecule has 0 aromatic heterocycles. The number of hydrogen-bond donors (Lipinski definition) is 1. The Bertz CT molecular complexity index is 732. The molecular formula is C17H13BrClNO3. The van der Waals surface area contributed by atoms with Crippen molar-refractivity contribution in [3.05, 3.63) is 69.7 Å². The van der Waals surface area contributed by atoms with Crippen LogP contribution >= 0.6 is 27.5 Å². The molecule has 2 aromatic rings. The molecule has 0 fully saturated rings. The standard InChI is InChI=1S/C17H13BrClNO3/c18-14-8-7-13(10-15(14)19)20-16(21)11-23-17(22)9-6-12-4-2-1-3-5-12/h1-10H,11H2,(H,20,21)/b9-6+. The lowest BCUT2D eigenvalue weighted by Crippen LogP contribution is -2.20. The summed E-state index contributed by atoms with van der Waals surface area (Å²) in [6, 6.07) is 14.3. The maximum absolute atomic E-state index is 11.7. The molecule has 0 saturated carbocycles. The smallest absolute Gasteiger partial charge is 0.331 e. The average Bonchev–Trinajstić information content (AvgIpc) is 2.55. The summed E-state index contributed by atoms with van der Waals surface area (Å²) < 4.78 is 5.60. The van der Waals surface area contributed by atoms with Crippen molar-refractivity contribution < 1.29 is 14.3 Å². The summed E-state index contributed by atoms with van der Waals surface area (Å²) in [5.41, 5.74) is 1.40. The van der Waals surface area contributed by atoms with Crippen LogP contribution in [-0.4, -0.2) is 18.5 Å². The van der Waals surface area contributed by atoms with Gasteiger partial charge in [0, 0.05) is 16.2 Å². The lowest BCUT2D eigenvalue weighted by Gasteiger charge is -2.06. The van der Waals surface area contributed by atoms with Gasteiger partial charge in [0.05, 0.1) is 5.02 Å². The Balaban J connectivity index is 1.80. The van der Waals surface area contributed by atoms with Crippen molar-refractivity contribution in [2.24, 2.45) is 0 Å². The maximum atomic E-state index is 11.7. The van der Waals surface area contributed by atoms with Gasteiger partial charge in [0.2, 0.25) is 0 Å². The van der Waals surface area contributed by atoms with Gasteiger partial charge in [0.1, 0.15) is 0 Å². The van der Waals surface area contributed by atoms with Crippen LogP contribution in [0.2, 0.25) is 5.02 Å². The van der Waals surface area contributed by atoms with Gasteiger partial charge in [-0.25, -0.2) is 4.79 Å². The number of esters is 1. The first-order chi connectivity index (χ1) is 11.0. The van der Waals surface area contributed by atoms with E-state index in [9.17, 15) is 9.59 Å². The molecule has 0 spiro atoms. The molecule has 0 atom stereocenters. The fraction of sp³-hybridized carbons (Fsp3) is 0.0588. The molecule has 6 heteroatoms. The molecule has 118 valence electrons. The topological polar surface area (TPSA) is 55.4 Å². The van der Waals surface area contributed by atoms with E-state index in [4.69, 9.17) is 16.3 Å². The largest absolute Gasteiger partial charge is 0.452 e. The van der Waals surface area contributed by atoms with Crippen LogP contribution in [0.1, 0.15) is 5.56 Å². The summed E-state index contributed by atoms with van der Waals surface area (Å²) >= 11 is 9.19. The van der Waals surface area contributed by atoms with Gasteiger partial charge in [-0.05, 0) is 45.8 Å². The number of benzene rings is 2. The number of carbonyl (C=O) groups is 2. The van der Waals surface area contributed by atoms with Crippen LogP contribution in [0.3, 0.4) is 0 Å². The molecule has 0 unspecified atom stereocenters. The third-order valence-corrected chi connectivity index (χ3v) is 3.99. The molecule has 0 radical (unpaired) electrons. The summed E-state index contributed by atoms with van der Waals surface area (Å²) in [5, 5.41) is 3.07. The second kappa shape index (κ2) is 8.50. The maximum Gasteiger partial charge on any atom is 0.331 e. The highest BCUT2D eigenvalue weighted by Crippen LogP contribution is 2.25. The monoisotopic (exact) mass is 393 g/mol. The number of rotatable bonds is 5. The first-order valence-electron chi connectivity index (χ1n) is 6.69. The van der Waals surface area contributed by atoms with Crippen molar-refractivity contribution in [3.8, 4) is 0 Å². The van der Waals surface area contributed by atoms with E-state index in [1.54, 1.807) is 24.3 Å². The second-order valence-corrected chi connectivity index (χ2v) is 5.79. The Hall–Kier alpha value is -2.11. The van der Waals surface area contributed by atoms with Gasteiger partial charge in [0.15, 0.2) is 6.61 Å². The number of nitrogens with one attached hydrogen (secondary N) is 1. The van der Waals surface area contributed by atoms with Crippen LogP contribution in [0.5, 0.6) is 0 Å². The predicted octanol–water partition coefficient (Wildman–Crippen LogP) is 4.30. The van der Waals surface area contributed by atoms with E-state index in [0.29, 0.717) is 10.7 Å². The zero-order valence-corrected chi connectivity index (χ0v) is 14.3. The van der Waals surface area contributed by atoms with Crippen molar-refractivity contribution in [3.63, 3.8) is 0 Å². The highest BCUT2D eigenvalue weighted by Gasteiger charge is 2.07. The molecular weight excluding hydrogens is 382 g/mol. The van der Waals surface area contributed by atoms with Gasteiger partial charge in [0.25, 0.3) is 5.91 Å². The number of hydrogen-bond acceptors (Lipinski definition) is 3. The van der Waals surface area contributed by atoms with Crippen LogP contribution in [-0.2, 0) is 14.3 Å². The molecule has 1 N–H and O–H groups in total. The van der Waals surface area contributed by atoms with Gasteiger partial charge < -0.3 is 10.1 Å². The van der Waals surface area contributed by atoms with E-state index in [1.807, 2.05) is 30.3 Å². The minimum absolute atomic E-state index is 0.369. The molecule has 0 heterocycles. The number of halogens is 2. The van der Waals surface area contributed by atoms with Crippen molar-refractivity contribution >= 4 is 51.2 Å². The van der Waals surface area contributed by atoms with Crippen LogP contribution < -0.4 is 5.32 Å². The van der Waals surface area contributed by atoms with Gasteiger partial charge in [-0.1, -0.05) is 41.9 Å². The van der Waals surface area contributed by atoms with Crippen LogP contribution in [0.25, 0.3) is 6.08 Å². The number of amides is 1. The molecule has 0 saturated heterocycles. The number of carbonyl (C=O) groups excluding carboxylic acids is 2. The molecule has 0 aliphatic carbocycles. The van der Waals surface area contributed by atoms with Crippen molar-refractivity contribution in [1.29, 1.82) is 0 Å². The van der Waals surface area contributed by atoms with E-state index in [0.717, 1.165) is 10.0 Å². The molecule has 2 aromatic carbocycles.